The van der Waals surface area contributed by atoms with Gasteiger partial charge in [0.05, 0.1) is 30.7 Å². The Morgan fingerprint density at radius 2 is 2.00 bits per heavy atom. The van der Waals surface area contributed by atoms with E-state index in [2.05, 4.69) is 46.9 Å². The maximum absolute atomic E-state index is 5.60. The zero-order valence-electron chi connectivity index (χ0n) is 14.9. The molecule has 0 spiro atoms. The number of aryl methyl sites for hydroxylation is 1. The molecule has 26 heavy (non-hydrogen) atoms. The van der Waals surface area contributed by atoms with Crippen LogP contribution in [0.25, 0.3) is 0 Å². The Labute approximate surface area is 159 Å². The number of hydrogen-bond acceptors (Lipinski definition) is 3. The Hall–Kier alpha value is -2.86. The zero-order valence-corrected chi connectivity index (χ0v) is 15.7. The van der Waals surface area contributed by atoms with Crippen LogP contribution in [0.1, 0.15) is 18.1 Å². The van der Waals surface area contributed by atoms with Gasteiger partial charge in [-0.15, -0.1) is 0 Å². The van der Waals surface area contributed by atoms with Gasteiger partial charge < -0.3 is 15.4 Å². The molecule has 0 saturated carbocycles. The van der Waals surface area contributed by atoms with Crippen LogP contribution in [-0.2, 0) is 6.54 Å². The molecule has 1 aromatic heterocycles. The topological polar surface area (TPSA) is 51.1 Å². The van der Waals surface area contributed by atoms with E-state index in [4.69, 9.17) is 17.0 Å². The average molecular weight is 366 g/mol. The molecule has 3 aromatic rings. The molecule has 1 heterocycles. The summed E-state index contributed by atoms with van der Waals surface area (Å²) >= 11 is 5.40. The Bertz CT molecular complexity index is 891. The summed E-state index contributed by atoms with van der Waals surface area (Å²) in [7, 11) is 0. The lowest BCUT2D eigenvalue weighted by Gasteiger charge is -2.13. The first-order valence-corrected chi connectivity index (χ1v) is 8.92. The third kappa shape index (κ3) is 4.83. The smallest absolute Gasteiger partial charge is 0.175 e. The lowest BCUT2D eigenvalue weighted by Crippen LogP contribution is -2.19. The second-order valence-corrected chi connectivity index (χ2v) is 6.33. The van der Waals surface area contributed by atoms with Crippen molar-refractivity contribution < 1.29 is 4.74 Å². The van der Waals surface area contributed by atoms with E-state index in [9.17, 15) is 0 Å². The van der Waals surface area contributed by atoms with Gasteiger partial charge in [-0.2, -0.15) is 5.10 Å². The van der Waals surface area contributed by atoms with Crippen molar-refractivity contribution in [3.05, 3.63) is 72.1 Å². The highest BCUT2D eigenvalue weighted by atomic mass is 32.1. The molecule has 0 aliphatic carbocycles. The van der Waals surface area contributed by atoms with Crippen LogP contribution in [0.5, 0.6) is 5.75 Å². The van der Waals surface area contributed by atoms with E-state index in [0.717, 1.165) is 23.7 Å². The maximum Gasteiger partial charge on any atom is 0.175 e. The predicted octanol–water partition coefficient (Wildman–Crippen LogP) is 4.45. The fourth-order valence-electron chi connectivity index (χ4n) is 2.65. The highest BCUT2D eigenvalue weighted by Crippen LogP contribution is 2.23. The first kappa shape index (κ1) is 17.9. The molecule has 0 aliphatic heterocycles. The Morgan fingerprint density at radius 3 is 2.81 bits per heavy atom. The predicted molar refractivity (Wildman–Crippen MR) is 110 cm³/mol. The number of nitrogens with one attached hydrogen (secondary N) is 2. The van der Waals surface area contributed by atoms with Crippen molar-refractivity contribution >= 4 is 28.7 Å². The Morgan fingerprint density at radius 1 is 1.15 bits per heavy atom. The summed E-state index contributed by atoms with van der Waals surface area (Å²) in [5.41, 5.74) is 4.13. The van der Waals surface area contributed by atoms with Crippen molar-refractivity contribution in [2.45, 2.75) is 20.4 Å². The molecule has 5 nitrogen and oxygen atoms in total. The number of aromatic nitrogens is 2. The van der Waals surface area contributed by atoms with E-state index in [1.165, 1.54) is 11.1 Å². The van der Waals surface area contributed by atoms with Crippen LogP contribution in [0, 0.1) is 6.92 Å². The van der Waals surface area contributed by atoms with Gasteiger partial charge in [-0.05, 0) is 43.8 Å². The molecule has 0 amide bonds. The fourth-order valence-corrected chi connectivity index (χ4v) is 2.88. The van der Waals surface area contributed by atoms with Crippen molar-refractivity contribution in [2.75, 3.05) is 17.2 Å². The summed E-state index contributed by atoms with van der Waals surface area (Å²) in [6.07, 6.45) is 3.70. The minimum Gasteiger partial charge on any atom is -0.492 e. The van der Waals surface area contributed by atoms with E-state index in [1.807, 2.05) is 42.1 Å². The SMILES string of the molecule is CCOc1ccccc1NC(=S)Nc1cnn(Cc2cccc(C)c2)c1. The fraction of sp³-hybridized carbons (Fsp3) is 0.200. The van der Waals surface area contributed by atoms with Crippen molar-refractivity contribution in [3.8, 4) is 5.75 Å². The molecule has 2 N–H and O–H groups in total. The summed E-state index contributed by atoms with van der Waals surface area (Å²) in [5, 5.41) is 11.2. The van der Waals surface area contributed by atoms with Crippen molar-refractivity contribution in [3.63, 3.8) is 0 Å². The molecule has 3 rings (SSSR count). The first-order chi connectivity index (χ1) is 12.6. The zero-order chi connectivity index (χ0) is 18.4. The van der Waals surface area contributed by atoms with E-state index >= 15 is 0 Å². The number of thiocarbonyl (C=S) groups is 1. The van der Waals surface area contributed by atoms with Crippen molar-refractivity contribution in [1.29, 1.82) is 0 Å². The van der Waals surface area contributed by atoms with E-state index in [-0.39, 0.29) is 0 Å². The van der Waals surface area contributed by atoms with Gasteiger partial charge in [-0.25, -0.2) is 0 Å². The van der Waals surface area contributed by atoms with Crippen LogP contribution in [0.3, 0.4) is 0 Å². The molecule has 0 radical (unpaired) electrons. The lowest BCUT2D eigenvalue weighted by atomic mass is 10.1. The van der Waals surface area contributed by atoms with Gasteiger partial charge in [0.25, 0.3) is 0 Å². The standard InChI is InChI=1S/C20H22N4OS/c1-3-25-19-10-5-4-9-18(19)23-20(26)22-17-12-21-24(14-17)13-16-8-6-7-15(2)11-16/h4-12,14H,3,13H2,1-2H3,(H2,22,23,26). The highest BCUT2D eigenvalue weighted by Gasteiger charge is 2.06. The largest absolute Gasteiger partial charge is 0.492 e. The van der Waals surface area contributed by atoms with Gasteiger partial charge in [0, 0.05) is 6.20 Å². The highest BCUT2D eigenvalue weighted by molar-refractivity contribution is 7.80. The summed E-state index contributed by atoms with van der Waals surface area (Å²) in [6.45, 7) is 5.36. The number of rotatable bonds is 6. The third-order valence-electron chi connectivity index (χ3n) is 3.75. The summed E-state index contributed by atoms with van der Waals surface area (Å²) in [4.78, 5) is 0. The van der Waals surface area contributed by atoms with Crippen LogP contribution < -0.4 is 15.4 Å². The van der Waals surface area contributed by atoms with Gasteiger partial charge in [-0.3, -0.25) is 4.68 Å². The minimum absolute atomic E-state index is 0.493. The molecule has 134 valence electrons. The summed E-state index contributed by atoms with van der Waals surface area (Å²) < 4.78 is 7.48. The van der Waals surface area contributed by atoms with E-state index < -0.39 is 0 Å². The molecule has 6 heteroatoms. The number of ether oxygens (including phenoxy) is 1. The van der Waals surface area contributed by atoms with Crippen LogP contribution in [-0.4, -0.2) is 21.5 Å². The third-order valence-corrected chi connectivity index (χ3v) is 3.96. The number of nitrogens with zero attached hydrogens (tertiary/aromatic N) is 2. The number of benzene rings is 2. The number of anilines is 2. The number of para-hydroxylation sites is 2. The molecular formula is C20H22N4OS. The molecule has 2 aromatic carbocycles. The average Bonchev–Trinajstić information content (AvgIpc) is 3.03. The first-order valence-electron chi connectivity index (χ1n) is 8.52. The molecular weight excluding hydrogens is 344 g/mol. The van der Waals surface area contributed by atoms with Gasteiger partial charge in [0.15, 0.2) is 5.11 Å². The lowest BCUT2D eigenvalue weighted by molar-refractivity contribution is 0.342. The number of hydrogen-bond donors (Lipinski definition) is 2. The van der Waals surface area contributed by atoms with Crippen LogP contribution in [0.4, 0.5) is 11.4 Å². The van der Waals surface area contributed by atoms with Crippen LogP contribution in [0.15, 0.2) is 60.9 Å². The maximum atomic E-state index is 5.60. The van der Waals surface area contributed by atoms with Crippen molar-refractivity contribution in [2.24, 2.45) is 0 Å². The minimum atomic E-state index is 0.493. The normalized spacial score (nSPS) is 10.4. The van der Waals surface area contributed by atoms with Gasteiger partial charge in [0.1, 0.15) is 5.75 Å². The quantitative estimate of drug-likeness (QED) is 0.631. The van der Waals surface area contributed by atoms with E-state index in [0.29, 0.717) is 11.7 Å². The summed E-state index contributed by atoms with van der Waals surface area (Å²) in [6, 6.07) is 16.1. The monoisotopic (exact) mass is 366 g/mol. The van der Waals surface area contributed by atoms with E-state index in [1.54, 1.807) is 6.20 Å². The molecule has 0 saturated heterocycles. The van der Waals surface area contributed by atoms with Crippen molar-refractivity contribution in [1.82, 2.24) is 9.78 Å². The van der Waals surface area contributed by atoms with Crippen LogP contribution in [0.2, 0.25) is 0 Å². The second-order valence-electron chi connectivity index (χ2n) is 5.92. The van der Waals surface area contributed by atoms with Crippen LogP contribution >= 0.6 is 12.2 Å². The van der Waals surface area contributed by atoms with Gasteiger partial charge in [-0.1, -0.05) is 42.0 Å². The molecule has 0 aliphatic rings. The molecule has 0 atom stereocenters. The molecule has 0 unspecified atom stereocenters. The van der Waals surface area contributed by atoms with Gasteiger partial charge in [0.2, 0.25) is 0 Å². The second kappa shape index (κ2) is 8.49. The molecule has 0 bridgehead atoms. The Kier molecular flexibility index (Phi) is 5.86. The summed E-state index contributed by atoms with van der Waals surface area (Å²) in [5.74, 6) is 0.772. The molecule has 0 fully saturated rings. The Balaban J connectivity index is 1.61. The van der Waals surface area contributed by atoms with Gasteiger partial charge >= 0.3 is 0 Å².